The second-order valence-electron chi connectivity index (χ2n) is 4.34. The van der Waals surface area contributed by atoms with E-state index in [1.54, 1.807) is 11.0 Å². The average Bonchev–Trinajstić information content (AvgIpc) is 2.93. The first-order valence-corrected chi connectivity index (χ1v) is 6.43. The summed E-state index contributed by atoms with van der Waals surface area (Å²) in [6.07, 6.45) is 5.14. The number of hydrogen-bond donors (Lipinski definition) is 1. The number of nitrogens with one attached hydrogen (secondary N) is 1. The van der Waals surface area contributed by atoms with Gasteiger partial charge in [-0.2, -0.15) is 0 Å². The predicted molar refractivity (Wildman–Crippen MR) is 71.8 cm³/mol. The second kappa shape index (κ2) is 6.14. The molecular weight excluding hydrogens is 226 g/mol. The molecule has 1 aromatic carbocycles. The fourth-order valence-electron chi connectivity index (χ4n) is 1.95. The van der Waals surface area contributed by atoms with Crippen LogP contribution in [0.1, 0.15) is 33.1 Å². The smallest absolute Gasteiger partial charge is 0.143 e. The van der Waals surface area contributed by atoms with Crippen LogP contribution in [0.2, 0.25) is 0 Å². The minimum atomic E-state index is 0.550. The van der Waals surface area contributed by atoms with Crippen LogP contribution in [0.3, 0.4) is 0 Å². The molecular formula is C13H19N5. The van der Waals surface area contributed by atoms with E-state index < -0.39 is 0 Å². The summed E-state index contributed by atoms with van der Waals surface area (Å²) in [5, 5.41) is 14.6. The molecule has 96 valence electrons. The van der Waals surface area contributed by atoms with Gasteiger partial charge in [-0.25, -0.2) is 4.68 Å². The van der Waals surface area contributed by atoms with Crippen molar-refractivity contribution in [3.8, 4) is 5.69 Å². The first-order chi connectivity index (χ1) is 8.83. The monoisotopic (exact) mass is 245 g/mol. The largest absolute Gasteiger partial charge is 0.382 e. The SMILES string of the molecule is CCCC(CC)Nc1ccc(-n2cnnn2)cc1. The number of tetrazole rings is 1. The van der Waals surface area contributed by atoms with Crippen LogP contribution in [0.25, 0.3) is 5.69 Å². The van der Waals surface area contributed by atoms with E-state index in [-0.39, 0.29) is 0 Å². The Hall–Kier alpha value is -1.91. The molecule has 1 atom stereocenters. The minimum Gasteiger partial charge on any atom is -0.382 e. The molecule has 0 aliphatic carbocycles. The lowest BCUT2D eigenvalue weighted by molar-refractivity contribution is 0.623. The Morgan fingerprint density at radius 3 is 2.56 bits per heavy atom. The third kappa shape index (κ3) is 3.06. The highest BCUT2D eigenvalue weighted by Gasteiger charge is 2.04. The van der Waals surface area contributed by atoms with E-state index in [4.69, 9.17) is 0 Å². The number of nitrogens with zero attached hydrogens (tertiary/aromatic N) is 4. The van der Waals surface area contributed by atoms with Crippen LogP contribution in [-0.4, -0.2) is 26.2 Å². The Bertz CT molecular complexity index is 449. The van der Waals surface area contributed by atoms with Crippen molar-refractivity contribution in [3.63, 3.8) is 0 Å². The van der Waals surface area contributed by atoms with Crippen LogP contribution in [-0.2, 0) is 0 Å². The quantitative estimate of drug-likeness (QED) is 0.850. The molecule has 1 aromatic heterocycles. The number of aromatic nitrogens is 4. The van der Waals surface area contributed by atoms with Gasteiger partial charge in [0.1, 0.15) is 6.33 Å². The lowest BCUT2D eigenvalue weighted by atomic mass is 10.1. The highest BCUT2D eigenvalue weighted by molar-refractivity contribution is 5.48. The van der Waals surface area contributed by atoms with Crippen molar-refractivity contribution in [3.05, 3.63) is 30.6 Å². The van der Waals surface area contributed by atoms with Crippen LogP contribution in [0, 0.1) is 0 Å². The zero-order chi connectivity index (χ0) is 12.8. The van der Waals surface area contributed by atoms with Gasteiger partial charge in [0.15, 0.2) is 0 Å². The minimum absolute atomic E-state index is 0.550. The molecule has 0 aliphatic heterocycles. The lowest BCUT2D eigenvalue weighted by Gasteiger charge is -2.17. The molecule has 18 heavy (non-hydrogen) atoms. The van der Waals surface area contributed by atoms with Gasteiger partial charge in [-0.05, 0) is 47.5 Å². The summed E-state index contributed by atoms with van der Waals surface area (Å²) in [6.45, 7) is 4.42. The Morgan fingerprint density at radius 2 is 2.00 bits per heavy atom. The van der Waals surface area contributed by atoms with E-state index in [2.05, 4.69) is 46.8 Å². The Morgan fingerprint density at radius 1 is 1.22 bits per heavy atom. The average molecular weight is 245 g/mol. The molecule has 0 saturated heterocycles. The first-order valence-electron chi connectivity index (χ1n) is 6.43. The molecule has 1 N–H and O–H groups in total. The van der Waals surface area contributed by atoms with E-state index in [0.717, 1.165) is 17.8 Å². The van der Waals surface area contributed by atoms with Crippen molar-refractivity contribution in [2.45, 2.75) is 39.2 Å². The number of hydrogen-bond acceptors (Lipinski definition) is 4. The molecule has 5 heteroatoms. The molecule has 0 spiro atoms. The number of rotatable bonds is 6. The van der Waals surface area contributed by atoms with Crippen molar-refractivity contribution in [1.29, 1.82) is 0 Å². The Labute approximate surface area is 107 Å². The molecule has 0 saturated carbocycles. The fourth-order valence-corrected chi connectivity index (χ4v) is 1.95. The highest BCUT2D eigenvalue weighted by atomic mass is 15.5. The van der Waals surface area contributed by atoms with E-state index in [9.17, 15) is 0 Å². The first kappa shape index (κ1) is 12.5. The predicted octanol–water partition coefficient (Wildman–Crippen LogP) is 2.65. The van der Waals surface area contributed by atoms with Gasteiger partial charge < -0.3 is 5.32 Å². The number of benzene rings is 1. The summed E-state index contributed by atoms with van der Waals surface area (Å²) in [6, 6.07) is 8.70. The van der Waals surface area contributed by atoms with Crippen LogP contribution >= 0.6 is 0 Å². The fraction of sp³-hybridized carbons (Fsp3) is 0.462. The van der Waals surface area contributed by atoms with Crippen molar-refractivity contribution in [1.82, 2.24) is 20.2 Å². The molecule has 5 nitrogen and oxygen atoms in total. The lowest BCUT2D eigenvalue weighted by Crippen LogP contribution is -2.17. The van der Waals surface area contributed by atoms with Gasteiger partial charge in [0.25, 0.3) is 0 Å². The topological polar surface area (TPSA) is 55.6 Å². The summed E-state index contributed by atoms with van der Waals surface area (Å²) >= 11 is 0. The van der Waals surface area contributed by atoms with Gasteiger partial charge in [0.05, 0.1) is 5.69 Å². The maximum Gasteiger partial charge on any atom is 0.143 e. The zero-order valence-electron chi connectivity index (χ0n) is 10.9. The van der Waals surface area contributed by atoms with Crippen LogP contribution in [0.4, 0.5) is 5.69 Å². The van der Waals surface area contributed by atoms with Gasteiger partial charge in [-0.3, -0.25) is 0 Å². The Kier molecular flexibility index (Phi) is 4.28. The van der Waals surface area contributed by atoms with Crippen molar-refractivity contribution in [2.75, 3.05) is 5.32 Å². The van der Waals surface area contributed by atoms with Crippen LogP contribution < -0.4 is 5.32 Å². The molecule has 0 fully saturated rings. The molecule has 0 radical (unpaired) electrons. The summed E-state index contributed by atoms with van der Waals surface area (Å²) in [4.78, 5) is 0. The Balaban J connectivity index is 2.03. The standard InChI is InChI=1S/C13H19N5/c1-3-5-11(4-2)15-12-6-8-13(9-7-12)18-10-14-16-17-18/h6-11,15H,3-5H2,1-2H3. The van der Waals surface area contributed by atoms with Crippen molar-refractivity contribution >= 4 is 5.69 Å². The van der Waals surface area contributed by atoms with Crippen LogP contribution in [0.5, 0.6) is 0 Å². The van der Waals surface area contributed by atoms with E-state index in [1.165, 1.54) is 12.8 Å². The summed E-state index contributed by atoms with van der Waals surface area (Å²) in [5.74, 6) is 0. The van der Waals surface area contributed by atoms with Gasteiger partial charge in [0.2, 0.25) is 0 Å². The molecule has 1 heterocycles. The van der Waals surface area contributed by atoms with Gasteiger partial charge in [0, 0.05) is 11.7 Å². The van der Waals surface area contributed by atoms with Gasteiger partial charge in [-0.1, -0.05) is 20.3 Å². The summed E-state index contributed by atoms with van der Waals surface area (Å²) in [5.41, 5.74) is 2.11. The van der Waals surface area contributed by atoms with Crippen molar-refractivity contribution in [2.24, 2.45) is 0 Å². The van der Waals surface area contributed by atoms with Gasteiger partial charge in [-0.15, -0.1) is 5.10 Å². The maximum absolute atomic E-state index is 3.86. The van der Waals surface area contributed by atoms with E-state index in [0.29, 0.717) is 6.04 Å². The maximum atomic E-state index is 3.86. The molecule has 0 amide bonds. The van der Waals surface area contributed by atoms with E-state index >= 15 is 0 Å². The van der Waals surface area contributed by atoms with E-state index in [1.807, 2.05) is 12.1 Å². The molecule has 0 bridgehead atoms. The third-order valence-corrected chi connectivity index (χ3v) is 2.98. The van der Waals surface area contributed by atoms with Crippen LogP contribution in [0.15, 0.2) is 30.6 Å². The molecule has 2 aromatic rings. The number of anilines is 1. The normalized spacial score (nSPS) is 12.3. The highest BCUT2D eigenvalue weighted by Crippen LogP contribution is 2.15. The third-order valence-electron chi connectivity index (χ3n) is 2.98. The van der Waals surface area contributed by atoms with Crippen molar-refractivity contribution < 1.29 is 0 Å². The van der Waals surface area contributed by atoms with Gasteiger partial charge >= 0.3 is 0 Å². The zero-order valence-corrected chi connectivity index (χ0v) is 10.9. The summed E-state index contributed by atoms with van der Waals surface area (Å²) in [7, 11) is 0. The second-order valence-corrected chi connectivity index (χ2v) is 4.34. The summed E-state index contributed by atoms with van der Waals surface area (Å²) < 4.78 is 1.65. The molecule has 2 rings (SSSR count). The molecule has 0 aliphatic rings. The molecule has 1 unspecified atom stereocenters.